The summed E-state index contributed by atoms with van der Waals surface area (Å²) >= 11 is 1.11. The van der Waals surface area contributed by atoms with Crippen molar-refractivity contribution < 1.29 is 18.1 Å². The van der Waals surface area contributed by atoms with Gasteiger partial charge in [-0.15, -0.1) is 11.3 Å². The summed E-state index contributed by atoms with van der Waals surface area (Å²) in [5.41, 5.74) is 2.40. The van der Waals surface area contributed by atoms with Crippen molar-refractivity contribution in [2.24, 2.45) is 0 Å². The van der Waals surface area contributed by atoms with Gasteiger partial charge >= 0.3 is 0 Å². The third-order valence-corrected chi connectivity index (χ3v) is 6.08. The van der Waals surface area contributed by atoms with Crippen LogP contribution in [0.1, 0.15) is 33.5 Å². The number of thiazole rings is 1. The molecule has 31 heavy (non-hydrogen) atoms. The Morgan fingerprint density at radius 1 is 1.26 bits per heavy atom. The SMILES string of the molecule is Cc1ccc(-c2noc([C@H]3C[C@@H]3F)n2)cc1NC(=O)c1cnc(-c2ccccc2F)s1. The van der Waals surface area contributed by atoms with Gasteiger partial charge in [-0.2, -0.15) is 4.98 Å². The van der Waals surface area contributed by atoms with Crippen LogP contribution in [0.2, 0.25) is 0 Å². The number of hydrogen-bond donors (Lipinski definition) is 1. The van der Waals surface area contributed by atoms with Crippen molar-refractivity contribution in [3.05, 3.63) is 70.8 Å². The second-order valence-electron chi connectivity index (χ2n) is 7.31. The summed E-state index contributed by atoms with van der Waals surface area (Å²) in [4.78, 5) is 21.6. The van der Waals surface area contributed by atoms with E-state index in [9.17, 15) is 13.6 Å². The van der Waals surface area contributed by atoms with E-state index >= 15 is 0 Å². The van der Waals surface area contributed by atoms with Crippen LogP contribution in [-0.2, 0) is 0 Å². The van der Waals surface area contributed by atoms with Gasteiger partial charge in [0.05, 0.1) is 12.1 Å². The fraction of sp³-hybridized carbons (Fsp3) is 0.182. The standard InChI is InChI=1S/C22H16F2N4O2S/c1-11-6-7-12(19-27-21(30-28-19)14-9-16(14)24)8-17(11)26-20(29)18-10-25-22(31-18)13-4-2-3-5-15(13)23/h2-8,10,14,16H,9H2,1H3,(H,26,29)/t14-,16-/m0/s1. The number of aromatic nitrogens is 3. The zero-order valence-corrected chi connectivity index (χ0v) is 17.1. The molecule has 0 bridgehead atoms. The van der Waals surface area contributed by atoms with E-state index in [0.717, 1.165) is 16.9 Å². The highest BCUT2D eigenvalue weighted by Gasteiger charge is 2.43. The third kappa shape index (κ3) is 3.84. The topological polar surface area (TPSA) is 80.9 Å². The van der Waals surface area contributed by atoms with Gasteiger partial charge in [-0.05, 0) is 37.1 Å². The number of nitrogens with zero attached hydrogens (tertiary/aromatic N) is 3. The van der Waals surface area contributed by atoms with Crippen molar-refractivity contribution in [1.82, 2.24) is 15.1 Å². The summed E-state index contributed by atoms with van der Waals surface area (Å²) in [6.07, 6.45) is 0.908. The number of anilines is 1. The van der Waals surface area contributed by atoms with Gasteiger partial charge in [0.1, 0.15) is 21.9 Å². The molecule has 1 aliphatic carbocycles. The average Bonchev–Trinajstić information content (AvgIpc) is 3.15. The predicted octanol–water partition coefficient (Wildman–Crippen LogP) is 5.39. The summed E-state index contributed by atoms with van der Waals surface area (Å²) < 4.78 is 32.4. The number of carbonyl (C=O) groups is 1. The van der Waals surface area contributed by atoms with Gasteiger partial charge in [0.2, 0.25) is 11.7 Å². The maximum Gasteiger partial charge on any atom is 0.267 e. The van der Waals surface area contributed by atoms with Crippen LogP contribution >= 0.6 is 11.3 Å². The van der Waals surface area contributed by atoms with Gasteiger partial charge in [0.25, 0.3) is 5.91 Å². The van der Waals surface area contributed by atoms with Gasteiger partial charge in [-0.25, -0.2) is 13.8 Å². The van der Waals surface area contributed by atoms with E-state index in [2.05, 4.69) is 20.4 Å². The van der Waals surface area contributed by atoms with E-state index in [1.807, 2.05) is 19.1 Å². The first-order valence-electron chi connectivity index (χ1n) is 9.60. The molecule has 4 aromatic rings. The highest BCUT2D eigenvalue weighted by molar-refractivity contribution is 7.17. The number of benzene rings is 2. The van der Waals surface area contributed by atoms with Crippen molar-refractivity contribution in [3.8, 4) is 22.0 Å². The van der Waals surface area contributed by atoms with Crippen LogP contribution in [0.5, 0.6) is 0 Å². The Bertz CT molecular complexity index is 1290. The number of alkyl halides is 1. The molecule has 1 saturated carbocycles. The molecule has 9 heteroatoms. The lowest BCUT2D eigenvalue weighted by atomic mass is 10.1. The predicted molar refractivity (Wildman–Crippen MR) is 112 cm³/mol. The highest BCUT2D eigenvalue weighted by Crippen LogP contribution is 2.43. The maximum atomic E-state index is 14.0. The van der Waals surface area contributed by atoms with Crippen molar-refractivity contribution in [2.45, 2.75) is 25.4 Å². The molecule has 2 aromatic carbocycles. The molecule has 5 rings (SSSR count). The minimum Gasteiger partial charge on any atom is -0.339 e. The Kier molecular flexibility index (Phi) is 4.82. The van der Waals surface area contributed by atoms with E-state index in [4.69, 9.17) is 4.52 Å². The van der Waals surface area contributed by atoms with Crippen LogP contribution in [0.4, 0.5) is 14.5 Å². The molecule has 1 N–H and O–H groups in total. The second kappa shape index (κ2) is 7.66. The smallest absolute Gasteiger partial charge is 0.267 e. The molecule has 2 aromatic heterocycles. The Labute approximate surface area is 180 Å². The lowest BCUT2D eigenvalue weighted by Gasteiger charge is -2.08. The zero-order valence-electron chi connectivity index (χ0n) is 16.3. The number of amides is 1. The van der Waals surface area contributed by atoms with Crippen molar-refractivity contribution >= 4 is 22.9 Å². The fourth-order valence-corrected chi connectivity index (χ4v) is 3.98. The molecule has 2 heterocycles. The van der Waals surface area contributed by atoms with Crippen LogP contribution in [0.25, 0.3) is 22.0 Å². The Hall–Kier alpha value is -3.46. The van der Waals surface area contributed by atoms with E-state index in [0.29, 0.717) is 44.8 Å². The first-order chi connectivity index (χ1) is 15.0. The molecule has 6 nitrogen and oxygen atoms in total. The molecule has 156 valence electrons. The number of carbonyl (C=O) groups excluding carboxylic acids is 1. The van der Waals surface area contributed by atoms with Crippen LogP contribution in [0, 0.1) is 12.7 Å². The Morgan fingerprint density at radius 3 is 2.84 bits per heavy atom. The maximum absolute atomic E-state index is 14.0. The molecule has 0 aliphatic heterocycles. The monoisotopic (exact) mass is 438 g/mol. The molecule has 2 atom stereocenters. The number of halogens is 2. The molecular formula is C22H16F2N4O2S. The lowest BCUT2D eigenvalue weighted by Crippen LogP contribution is -2.11. The highest BCUT2D eigenvalue weighted by atomic mass is 32.1. The van der Waals surface area contributed by atoms with Crippen molar-refractivity contribution in [1.29, 1.82) is 0 Å². The first kappa shape index (κ1) is 19.5. The van der Waals surface area contributed by atoms with E-state index in [1.54, 1.807) is 24.3 Å². The molecule has 1 amide bonds. The number of rotatable bonds is 5. The third-order valence-electron chi connectivity index (χ3n) is 5.05. The molecule has 0 spiro atoms. The van der Waals surface area contributed by atoms with E-state index in [1.165, 1.54) is 12.3 Å². The summed E-state index contributed by atoms with van der Waals surface area (Å²) in [6.45, 7) is 1.86. The normalized spacial score (nSPS) is 17.5. The summed E-state index contributed by atoms with van der Waals surface area (Å²) in [7, 11) is 0. The van der Waals surface area contributed by atoms with E-state index < -0.39 is 12.0 Å². The number of hydrogen-bond acceptors (Lipinski definition) is 6. The summed E-state index contributed by atoms with van der Waals surface area (Å²) in [6, 6.07) is 11.7. The number of aryl methyl sites for hydroxylation is 1. The molecule has 0 radical (unpaired) electrons. The van der Waals surface area contributed by atoms with Crippen LogP contribution in [0.3, 0.4) is 0 Å². The van der Waals surface area contributed by atoms with Gasteiger partial charge in [0.15, 0.2) is 0 Å². The molecule has 1 fully saturated rings. The Morgan fingerprint density at radius 2 is 2.06 bits per heavy atom. The fourth-order valence-electron chi connectivity index (χ4n) is 3.14. The molecular weight excluding hydrogens is 422 g/mol. The minimum atomic E-state index is -0.921. The average molecular weight is 438 g/mol. The number of nitrogens with one attached hydrogen (secondary N) is 1. The summed E-state index contributed by atoms with van der Waals surface area (Å²) in [5.74, 6) is -0.437. The van der Waals surface area contributed by atoms with Crippen LogP contribution in [0.15, 0.2) is 53.2 Å². The Balaban J connectivity index is 1.36. The van der Waals surface area contributed by atoms with E-state index in [-0.39, 0.29) is 11.8 Å². The summed E-state index contributed by atoms with van der Waals surface area (Å²) in [5, 5.41) is 7.21. The van der Waals surface area contributed by atoms with Crippen LogP contribution in [-0.4, -0.2) is 27.2 Å². The lowest BCUT2D eigenvalue weighted by molar-refractivity contribution is 0.103. The van der Waals surface area contributed by atoms with Crippen molar-refractivity contribution in [3.63, 3.8) is 0 Å². The molecule has 0 saturated heterocycles. The van der Waals surface area contributed by atoms with Gasteiger partial charge < -0.3 is 9.84 Å². The molecule has 1 aliphatic rings. The first-order valence-corrected chi connectivity index (χ1v) is 10.4. The van der Waals surface area contributed by atoms with Gasteiger partial charge in [0, 0.05) is 16.8 Å². The minimum absolute atomic E-state index is 0.291. The quantitative estimate of drug-likeness (QED) is 0.452. The molecule has 0 unspecified atom stereocenters. The largest absolute Gasteiger partial charge is 0.339 e. The van der Waals surface area contributed by atoms with Gasteiger partial charge in [-0.3, -0.25) is 4.79 Å². The second-order valence-corrected chi connectivity index (χ2v) is 8.34. The zero-order chi connectivity index (χ0) is 21.5. The van der Waals surface area contributed by atoms with Crippen molar-refractivity contribution in [2.75, 3.05) is 5.32 Å². The van der Waals surface area contributed by atoms with Crippen LogP contribution < -0.4 is 5.32 Å². The van der Waals surface area contributed by atoms with Gasteiger partial charge in [-0.1, -0.05) is 29.4 Å².